The minimum Gasteiger partial charge on any atom is -0.507 e. The number of aliphatic hydroxyl groups is 1. The van der Waals surface area contributed by atoms with Crippen LogP contribution in [-0.2, 0) is 9.59 Å². The normalized spacial score (nSPS) is 18.2. The molecular weight excluding hydrogens is 406 g/mol. The number of nitrogens with zero attached hydrogens (tertiary/aromatic N) is 1. The number of aromatic hydroxyl groups is 1. The fraction of sp³-hybridized carbons (Fsp3) is 0.304. The van der Waals surface area contributed by atoms with E-state index in [1.54, 1.807) is 32.2 Å². The first kappa shape index (κ1) is 21.7. The fourth-order valence-electron chi connectivity index (χ4n) is 3.80. The van der Waals surface area contributed by atoms with Gasteiger partial charge in [0.15, 0.2) is 0 Å². The van der Waals surface area contributed by atoms with Gasteiger partial charge in [-0.15, -0.1) is 0 Å². The number of aryl methyl sites for hydroxylation is 2. The Hall–Kier alpha value is -2.99. The van der Waals surface area contributed by atoms with Crippen molar-refractivity contribution in [2.24, 2.45) is 0 Å². The van der Waals surface area contributed by atoms with Gasteiger partial charge in [-0.25, -0.2) is 0 Å². The summed E-state index contributed by atoms with van der Waals surface area (Å²) in [5.74, 6) is -1.10. The summed E-state index contributed by atoms with van der Waals surface area (Å²) in [6.07, 6.45) is 0.635. The van der Waals surface area contributed by atoms with E-state index in [2.05, 4.69) is 0 Å². The zero-order chi connectivity index (χ0) is 22.2. The third kappa shape index (κ3) is 3.63. The quantitative estimate of drug-likeness (QED) is 0.415. The summed E-state index contributed by atoms with van der Waals surface area (Å²) in [7, 11) is 1.56. The Morgan fingerprint density at radius 3 is 2.47 bits per heavy atom. The number of hydrogen-bond acceptors (Lipinski definition) is 5. The van der Waals surface area contributed by atoms with Crippen molar-refractivity contribution in [1.29, 1.82) is 0 Å². The van der Waals surface area contributed by atoms with Crippen LogP contribution in [0.2, 0.25) is 5.02 Å². The summed E-state index contributed by atoms with van der Waals surface area (Å²) in [6.45, 7) is 5.87. The molecular formula is C23H24ClNO5. The van der Waals surface area contributed by atoms with Crippen LogP contribution in [0.25, 0.3) is 5.76 Å². The fourth-order valence-corrected chi connectivity index (χ4v) is 3.99. The molecule has 1 heterocycles. The van der Waals surface area contributed by atoms with Gasteiger partial charge in [-0.05, 0) is 61.2 Å². The number of carbonyl (C=O) groups is 2. The van der Waals surface area contributed by atoms with Crippen molar-refractivity contribution >= 4 is 29.1 Å². The van der Waals surface area contributed by atoms with Crippen LogP contribution in [0.5, 0.6) is 11.5 Å². The number of phenolic OH excluding ortho intramolecular Hbond substituents is 1. The Morgan fingerprint density at radius 1 is 1.17 bits per heavy atom. The van der Waals surface area contributed by atoms with Crippen molar-refractivity contribution in [2.75, 3.05) is 13.7 Å². The third-order valence-corrected chi connectivity index (χ3v) is 5.59. The highest BCUT2D eigenvalue weighted by molar-refractivity contribution is 6.46. The smallest absolute Gasteiger partial charge is 0.295 e. The minimum atomic E-state index is -0.801. The number of methoxy groups -OCH3 is 1. The Morgan fingerprint density at radius 2 is 1.87 bits per heavy atom. The molecule has 2 aromatic carbocycles. The SMILES string of the molecule is CCCN1C(=O)C(=O)/C(=C(/O)c2cc(C)c(OC)cc2C)C1c1ccc(O)c(Cl)c1. The van der Waals surface area contributed by atoms with Crippen LogP contribution in [0, 0.1) is 13.8 Å². The van der Waals surface area contributed by atoms with Crippen molar-refractivity contribution in [3.05, 3.63) is 63.2 Å². The van der Waals surface area contributed by atoms with Gasteiger partial charge in [0, 0.05) is 12.1 Å². The lowest BCUT2D eigenvalue weighted by Crippen LogP contribution is -2.30. The number of Topliss-reactive ketones (excluding diaryl/α,β-unsaturated/α-hetero) is 1. The van der Waals surface area contributed by atoms with Gasteiger partial charge < -0.3 is 19.8 Å². The average molecular weight is 430 g/mol. The van der Waals surface area contributed by atoms with Crippen LogP contribution in [-0.4, -0.2) is 40.5 Å². The minimum absolute atomic E-state index is 0.00266. The molecule has 2 N–H and O–H groups in total. The van der Waals surface area contributed by atoms with Crippen LogP contribution >= 0.6 is 11.6 Å². The van der Waals surface area contributed by atoms with Gasteiger partial charge in [0.25, 0.3) is 11.7 Å². The number of carbonyl (C=O) groups excluding carboxylic acids is 2. The number of ether oxygens (including phenoxy) is 1. The van der Waals surface area contributed by atoms with Gasteiger partial charge >= 0.3 is 0 Å². The second kappa shape index (κ2) is 8.40. The van der Waals surface area contributed by atoms with Crippen molar-refractivity contribution in [3.8, 4) is 11.5 Å². The van der Waals surface area contributed by atoms with Crippen molar-refractivity contribution in [3.63, 3.8) is 0 Å². The Labute approximate surface area is 180 Å². The maximum atomic E-state index is 12.9. The molecule has 1 aliphatic rings. The number of amides is 1. The first-order chi connectivity index (χ1) is 14.2. The predicted octanol–water partition coefficient (Wildman–Crippen LogP) is 4.50. The van der Waals surface area contributed by atoms with E-state index in [-0.39, 0.29) is 22.1 Å². The molecule has 1 aliphatic heterocycles. The highest BCUT2D eigenvalue weighted by atomic mass is 35.5. The first-order valence-electron chi connectivity index (χ1n) is 9.63. The van der Waals surface area contributed by atoms with Gasteiger partial charge in [-0.3, -0.25) is 9.59 Å². The average Bonchev–Trinajstić information content (AvgIpc) is 2.96. The molecule has 0 aliphatic carbocycles. The van der Waals surface area contributed by atoms with E-state index in [0.717, 1.165) is 5.56 Å². The van der Waals surface area contributed by atoms with Crippen LogP contribution in [0.3, 0.4) is 0 Å². The number of phenols is 1. The number of halogens is 1. The molecule has 0 saturated carbocycles. The summed E-state index contributed by atoms with van der Waals surface area (Å²) in [5, 5.41) is 21.1. The van der Waals surface area contributed by atoms with Crippen LogP contribution in [0.15, 0.2) is 35.9 Å². The van der Waals surface area contributed by atoms with E-state index in [1.165, 1.54) is 17.0 Å². The molecule has 158 valence electrons. The standard InChI is InChI=1S/C23H24ClNO5/c1-5-8-25-20(14-6-7-17(26)16(24)11-14)19(22(28)23(25)29)21(27)15-9-13(3)18(30-4)10-12(15)2/h6-7,9-11,20,26-27H,5,8H2,1-4H3/b21-19+. The highest BCUT2D eigenvalue weighted by Crippen LogP contribution is 2.42. The molecule has 1 amide bonds. The molecule has 1 fully saturated rings. The van der Waals surface area contributed by atoms with E-state index in [9.17, 15) is 19.8 Å². The molecule has 1 unspecified atom stereocenters. The Balaban J connectivity index is 2.25. The third-order valence-electron chi connectivity index (χ3n) is 5.29. The number of benzene rings is 2. The molecule has 30 heavy (non-hydrogen) atoms. The number of ketones is 1. The molecule has 1 atom stereocenters. The zero-order valence-corrected chi connectivity index (χ0v) is 18.1. The molecule has 6 nitrogen and oxygen atoms in total. The summed E-state index contributed by atoms with van der Waals surface area (Å²) < 4.78 is 5.32. The van der Waals surface area contributed by atoms with Crippen molar-refractivity contribution in [1.82, 2.24) is 4.90 Å². The molecule has 0 aromatic heterocycles. The van der Waals surface area contributed by atoms with E-state index in [0.29, 0.717) is 35.4 Å². The first-order valence-corrected chi connectivity index (χ1v) is 10.0. The molecule has 0 spiro atoms. The number of aliphatic hydroxyl groups excluding tert-OH is 1. The topological polar surface area (TPSA) is 87.1 Å². The van der Waals surface area contributed by atoms with E-state index in [4.69, 9.17) is 16.3 Å². The van der Waals surface area contributed by atoms with Gasteiger partial charge in [0.1, 0.15) is 17.3 Å². The van der Waals surface area contributed by atoms with Gasteiger partial charge in [0.05, 0.1) is 23.7 Å². The Kier molecular flexibility index (Phi) is 6.08. The second-order valence-electron chi connectivity index (χ2n) is 7.34. The van der Waals surface area contributed by atoms with Gasteiger partial charge in [-0.1, -0.05) is 24.6 Å². The monoisotopic (exact) mass is 429 g/mol. The van der Waals surface area contributed by atoms with Crippen LogP contribution in [0.1, 0.15) is 41.6 Å². The zero-order valence-electron chi connectivity index (χ0n) is 17.3. The van der Waals surface area contributed by atoms with Crippen LogP contribution in [0.4, 0.5) is 0 Å². The predicted molar refractivity (Wildman–Crippen MR) is 115 cm³/mol. The number of rotatable bonds is 5. The van der Waals surface area contributed by atoms with Crippen molar-refractivity contribution < 1.29 is 24.5 Å². The number of likely N-dealkylation sites (tertiary alicyclic amines) is 1. The van der Waals surface area contributed by atoms with E-state index >= 15 is 0 Å². The number of hydrogen-bond donors (Lipinski definition) is 2. The highest BCUT2D eigenvalue weighted by Gasteiger charge is 2.46. The molecule has 7 heteroatoms. The summed E-state index contributed by atoms with van der Waals surface area (Å²) in [4.78, 5) is 27.1. The Bertz CT molecular complexity index is 1060. The van der Waals surface area contributed by atoms with E-state index in [1.807, 2.05) is 13.8 Å². The second-order valence-corrected chi connectivity index (χ2v) is 7.75. The summed E-state index contributed by atoms with van der Waals surface area (Å²) >= 11 is 6.08. The summed E-state index contributed by atoms with van der Waals surface area (Å²) in [5.41, 5.74) is 2.49. The molecule has 0 bridgehead atoms. The lowest BCUT2D eigenvalue weighted by molar-refractivity contribution is -0.139. The van der Waals surface area contributed by atoms with Gasteiger partial charge in [-0.2, -0.15) is 0 Å². The lowest BCUT2D eigenvalue weighted by atomic mass is 9.93. The lowest BCUT2D eigenvalue weighted by Gasteiger charge is -2.25. The maximum absolute atomic E-state index is 12.9. The van der Waals surface area contributed by atoms with Crippen molar-refractivity contribution in [2.45, 2.75) is 33.2 Å². The molecule has 1 saturated heterocycles. The van der Waals surface area contributed by atoms with E-state index < -0.39 is 17.7 Å². The van der Waals surface area contributed by atoms with Crippen LogP contribution < -0.4 is 4.74 Å². The molecule has 3 rings (SSSR count). The molecule has 0 radical (unpaired) electrons. The summed E-state index contributed by atoms with van der Waals surface area (Å²) in [6, 6.07) is 7.23. The maximum Gasteiger partial charge on any atom is 0.295 e. The largest absolute Gasteiger partial charge is 0.507 e. The van der Waals surface area contributed by atoms with Gasteiger partial charge in [0.2, 0.25) is 0 Å². The molecule has 2 aromatic rings.